The van der Waals surface area contributed by atoms with Crippen molar-refractivity contribution in [3.63, 3.8) is 0 Å². The smallest absolute Gasteiger partial charge is 0.417 e. The van der Waals surface area contributed by atoms with Gasteiger partial charge in [0.2, 0.25) is 0 Å². The molecule has 2 aliphatic heterocycles. The minimum atomic E-state index is -1.64. The molecule has 2 bridgehead atoms. The van der Waals surface area contributed by atoms with E-state index in [0.717, 1.165) is 54.4 Å². The van der Waals surface area contributed by atoms with E-state index in [0.29, 0.717) is 41.3 Å². The van der Waals surface area contributed by atoms with Crippen molar-refractivity contribution in [2.75, 3.05) is 13.7 Å². The first-order valence-electron chi connectivity index (χ1n) is 16.6. The van der Waals surface area contributed by atoms with E-state index in [1.54, 1.807) is 25.3 Å². The lowest BCUT2D eigenvalue weighted by molar-refractivity contribution is -0.164. The van der Waals surface area contributed by atoms with E-state index in [1.165, 1.54) is 12.8 Å². The van der Waals surface area contributed by atoms with Crippen LogP contribution in [0.1, 0.15) is 70.4 Å². The van der Waals surface area contributed by atoms with Gasteiger partial charge >= 0.3 is 11.9 Å². The molecule has 0 radical (unpaired) electrons. The molecule has 2 fully saturated rings. The fraction of sp³-hybridized carbons (Fsp3) is 0.368. The molecule has 0 spiro atoms. The first kappa shape index (κ1) is 33.0. The number of aromatic nitrogens is 1. The summed E-state index contributed by atoms with van der Waals surface area (Å²) in [6.45, 7) is 1.76. The molecule has 0 aliphatic carbocycles. The van der Waals surface area contributed by atoms with E-state index < -0.39 is 11.9 Å². The Hall–Kier alpha value is -4.96. The molecule has 2 saturated heterocycles. The zero-order valence-electron chi connectivity index (χ0n) is 27.1. The highest BCUT2D eigenvalue weighted by atomic mass is 16.6. The van der Waals surface area contributed by atoms with Crippen molar-refractivity contribution < 1.29 is 33.8 Å². The molecule has 48 heavy (non-hydrogen) atoms. The molecular formula is C38H41N3O7. The number of rotatable bonds is 13. The molecule has 3 heterocycles. The van der Waals surface area contributed by atoms with Crippen LogP contribution in [0.2, 0.25) is 0 Å². The summed E-state index contributed by atoms with van der Waals surface area (Å²) in [7, 11) is 1.64. The van der Waals surface area contributed by atoms with Crippen molar-refractivity contribution in [1.29, 1.82) is 0 Å². The summed E-state index contributed by atoms with van der Waals surface area (Å²) in [5, 5.41) is 12.5. The number of nitrogens with zero attached hydrogens (tertiary/aromatic N) is 2. The molecule has 4 aromatic rings. The molecule has 3 atom stereocenters. The van der Waals surface area contributed by atoms with E-state index in [2.05, 4.69) is 14.8 Å². The fourth-order valence-corrected chi connectivity index (χ4v) is 7.51. The molecule has 10 nitrogen and oxygen atoms in total. The summed E-state index contributed by atoms with van der Waals surface area (Å²) < 4.78 is 12.6. The van der Waals surface area contributed by atoms with Gasteiger partial charge in [0.25, 0.3) is 5.91 Å². The number of nitrogens with one attached hydrogen (secondary N) is 1. The second-order valence-corrected chi connectivity index (χ2v) is 12.8. The lowest BCUT2D eigenvalue weighted by Gasteiger charge is -2.39. The minimum absolute atomic E-state index is 0.173. The maximum atomic E-state index is 13.5. The van der Waals surface area contributed by atoms with Gasteiger partial charge in [0.05, 0.1) is 18.2 Å². The first-order valence-corrected chi connectivity index (χ1v) is 16.6. The molecule has 3 aromatic carbocycles. The van der Waals surface area contributed by atoms with Crippen LogP contribution in [0, 0.1) is 5.92 Å². The number of Topliss-reactive ketones (excluding diaryl/α,β-unsaturated/α-hetero) is 1. The Kier molecular flexibility index (Phi) is 10.2. The Balaban J connectivity index is 1.07. The number of hydrogen-bond acceptors (Lipinski definition) is 7. The number of fused-ring (bicyclic) bond motifs is 3. The molecule has 2 N–H and O–H groups in total. The number of carbonyl (C=O) groups is 4. The predicted octanol–water partition coefficient (Wildman–Crippen LogP) is 5.61. The number of hydrogen-bond donors (Lipinski definition) is 2. The molecule has 0 saturated carbocycles. The number of esters is 1. The molecule has 250 valence electrons. The zero-order chi connectivity index (χ0) is 33.6. The number of carboxylic acids is 1. The van der Waals surface area contributed by atoms with Crippen LogP contribution in [0.4, 0.5) is 0 Å². The number of para-hydroxylation sites is 1. The number of ether oxygens (including phenoxy) is 2. The van der Waals surface area contributed by atoms with Crippen LogP contribution in [-0.4, -0.2) is 63.9 Å². The number of aryl methyl sites for hydroxylation is 1. The second-order valence-electron chi connectivity index (χ2n) is 12.8. The third-order valence-electron chi connectivity index (χ3n) is 9.68. The van der Waals surface area contributed by atoms with Crippen LogP contribution in [-0.2, 0) is 34.0 Å². The third kappa shape index (κ3) is 7.44. The first-order chi connectivity index (χ1) is 23.3. The number of amides is 1. The lowest BCUT2D eigenvalue weighted by Crippen LogP contribution is -2.43. The standard InChI is InChI=1S/C38H41N3O7/c1-47-34-13-6-12-31-32(36(43)39-22-25-8-5-9-26(18-25)24-48-38(46)37(44)45)23-40(35(31)34)16-7-17-41-29-14-15-30(41)20-27(19-29)21-33(42)28-10-3-2-4-11-28/h2-6,8-13,18,23,27,29-30H,7,14-17,19-22,24H2,1H3,(H,39,43)(H,44,45)/t27?,29-,30+. The highest BCUT2D eigenvalue weighted by Crippen LogP contribution is 2.40. The average Bonchev–Trinajstić information content (AvgIpc) is 3.59. The van der Waals surface area contributed by atoms with Gasteiger partial charge in [0.1, 0.15) is 12.4 Å². The average molecular weight is 652 g/mol. The summed E-state index contributed by atoms with van der Waals surface area (Å²) in [6, 6.07) is 23.5. The third-order valence-corrected chi connectivity index (χ3v) is 9.68. The van der Waals surface area contributed by atoms with Crippen molar-refractivity contribution >= 4 is 34.5 Å². The quantitative estimate of drug-likeness (QED) is 0.109. The van der Waals surface area contributed by atoms with E-state index in [-0.39, 0.29) is 24.8 Å². The highest BCUT2D eigenvalue weighted by molar-refractivity contribution is 6.28. The molecule has 2 aliphatic rings. The van der Waals surface area contributed by atoms with Gasteiger partial charge in [-0.3, -0.25) is 14.5 Å². The summed E-state index contributed by atoms with van der Waals surface area (Å²) in [5.74, 6) is -1.80. The summed E-state index contributed by atoms with van der Waals surface area (Å²) in [4.78, 5) is 51.0. The Morgan fingerprint density at radius 2 is 1.62 bits per heavy atom. The van der Waals surface area contributed by atoms with Gasteiger partial charge in [-0.1, -0.05) is 66.7 Å². The van der Waals surface area contributed by atoms with Gasteiger partial charge in [-0.2, -0.15) is 0 Å². The van der Waals surface area contributed by atoms with E-state index in [4.69, 9.17) is 14.6 Å². The normalized spacial score (nSPS) is 18.8. The van der Waals surface area contributed by atoms with Gasteiger partial charge in [0, 0.05) is 55.3 Å². The summed E-state index contributed by atoms with van der Waals surface area (Å²) in [5.41, 5.74) is 3.66. The Morgan fingerprint density at radius 1 is 0.896 bits per heavy atom. The fourth-order valence-electron chi connectivity index (χ4n) is 7.51. The zero-order valence-corrected chi connectivity index (χ0v) is 27.1. The monoisotopic (exact) mass is 651 g/mol. The Bertz CT molecular complexity index is 1790. The Morgan fingerprint density at radius 3 is 2.35 bits per heavy atom. The highest BCUT2D eigenvalue weighted by Gasteiger charge is 2.40. The summed E-state index contributed by atoms with van der Waals surface area (Å²) in [6.07, 6.45) is 7.94. The molecular weight excluding hydrogens is 610 g/mol. The number of benzene rings is 3. The number of piperidine rings is 1. The topological polar surface area (TPSA) is 127 Å². The molecule has 6 rings (SSSR count). The number of ketones is 1. The largest absolute Gasteiger partial charge is 0.495 e. The lowest BCUT2D eigenvalue weighted by atomic mass is 9.85. The SMILES string of the molecule is COc1cccc2c(C(=O)NCc3cccc(COC(=O)C(=O)O)c3)cn(CCCN3[C@@H]4CC[C@H]3CC(CC(=O)c3ccccc3)C4)c12. The van der Waals surface area contributed by atoms with Gasteiger partial charge in [-0.15, -0.1) is 0 Å². The second kappa shape index (κ2) is 14.9. The molecule has 1 aromatic heterocycles. The van der Waals surface area contributed by atoms with Gasteiger partial charge in [-0.05, 0) is 55.2 Å². The number of aliphatic carboxylic acids is 1. The van der Waals surface area contributed by atoms with Crippen LogP contribution in [0.3, 0.4) is 0 Å². The molecule has 10 heteroatoms. The van der Waals surface area contributed by atoms with Gasteiger partial charge in [-0.25, -0.2) is 9.59 Å². The van der Waals surface area contributed by atoms with E-state index >= 15 is 0 Å². The number of carbonyl (C=O) groups excluding carboxylic acids is 3. The van der Waals surface area contributed by atoms with Crippen LogP contribution in [0.15, 0.2) is 79.0 Å². The predicted molar refractivity (Wildman–Crippen MR) is 180 cm³/mol. The van der Waals surface area contributed by atoms with Gasteiger partial charge < -0.3 is 24.5 Å². The van der Waals surface area contributed by atoms with Crippen LogP contribution in [0.5, 0.6) is 5.75 Å². The maximum Gasteiger partial charge on any atom is 0.417 e. The Labute approximate surface area is 279 Å². The van der Waals surface area contributed by atoms with E-state index in [1.807, 2.05) is 60.8 Å². The minimum Gasteiger partial charge on any atom is -0.495 e. The van der Waals surface area contributed by atoms with Crippen molar-refractivity contribution in [2.45, 2.75) is 70.3 Å². The van der Waals surface area contributed by atoms with E-state index in [9.17, 15) is 19.2 Å². The van der Waals surface area contributed by atoms with Crippen LogP contribution in [0.25, 0.3) is 10.9 Å². The van der Waals surface area contributed by atoms with Crippen LogP contribution >= 0.6 is 0 Å². The van der Waals surface area contributed by atoms with Crippen molar-refractivity contribution in [1.82, 2.24) is 14.8 Å². The summed E-state index contributed by atoms with van der Waals surface area (Å²) >= 11 is 0. The van der Waals surface area contributed by atoms with Crippen molar-refractivity contribution in [3.8, 4) is 5.75 Å². The van der Waals surface area contributed by atoms with Gasteiger partial charge in [0.15, 0.2) is 5.78 Å². The van der Waals surface area contributed by atoms with Crippen molar-refractivity contribution in [2.24, 2.45) is 5.92 Å². The van der Waals surface area contributed by atoms with Crippen LogP contribution < -0.4 is 10.1 Å². The molecule has 1 unspecified atom stereocenters. The number of carboxylic acid groups (broad SMARTS) is 1. The molecule has 1 amide bonds. The maximum absolute atomic E-state index is 13.5. The van der Waals surface area contributed by atoms with Crippen molar-refractivity contribution in [3.05, 3.63) is 101 Å². The number of methoxy groups -OCH3 is 1.